The predicted octanol–water partition coefficient (Wildman–Crippen LogP) is -0.136. The van der Waals surface area contributed by atoms with E-state index in [0.29, 0.717) is 10.9 Å². The van der Waals surface area contributed by atoms with Crippen molar-refractivity contribution < 1.29 is 0 Å². The van der Waals surface area contributed by atoms with E-state index in [0.717, 1.165) is 0 Å². The van der Waals surface area contributed by atoms with Crippen LogP contribution in [0.5, 0.6) is 0 Å². The summed E-state index contributed by atoms with van der Waals surface area (Å²) in [7, 11) is 0. The van der Waals surface area contributed by atoms with Crippen LogP contribution in [0.1, 0.15) is 0 Å². The Morgan fingerprint density at radius 3 is 2.87 bits per heavy atom. The molecule has 1 aromatic carbocycles. The van der Waals surface area contributed by atoms with Gasteiger partial charge in [-0.25, -0.2) is 14.3 Å². The third kappa shape index (κ3) is 0.954. The monoisotopic (exact) mass is 202 g/mol. The Balaban J connectivity index is 2.80. The highest BCUT2D eigenvalue weighted by atomic mass is 16.2. The maximum atomic E-state index is 11.6. The van der Waals surface area contributed by atoms with Crippen molar-refractivity contribution in [3.8, 4) is 0 Å². The van der Waals surface area contributed by atoms with Gasteiger partial charge in [-0.1, -0.05) is 12.1 Å². The lowest BCUT2D eigenvalue weighted by Gasteiger charge is -1.97. The van der Waals surface area contributed by atoms with Crippen molar-refractivity contribution in [3.63, 3.8) is 0 Å². The topological polar surface area (TPSA) is 83.0 Å². The Morgan fingerprint density at radius 1 is 1.20 bits per heavy atom. The summed E-state index contributed by atoms with van der Waals surface area (Å²) in [4.78, 5) is 25.5. The summed E-state index contributed by atoms with van der Waals surface area (Å²) in [6, 6.07) is 6.87. The van der Waals surface area contributed by atoms with E-state index in [9.17, 15) is 9.59 Å². The molecule has 0 unspecified atom stereocenters. The van der Waals surface area contributed by atoms with Crippen molar-refractivity contribution in [3.05, 3.63) is 45.1 Å². The lowest BCUT2D eigenvalue weighted by Crippen LogP contribution is -2.16. The minimum Gasteiger partial charge on any atom is -0.290 e. The fourth-order valence-electron chi connectivity index (χ4n) is 1.63. The average Bonchev–Trinajstić information content (AvgIpc) is 2.61. The van der Waals surface area contributed by atoms with Crippen molar-refractivity contribution in [1.29, 1.82) is 0 Å². The van der Waals surface area contributed by atoms with Gasteiger partial charge < -0.3 is 0 Å². The fraction of sp³-hybridized carbons (Fsp3) is 0. The van der Waals surface area contributed by atoms with Crippen molar-refractivity contribution in [2.75, 3.05) is 0 Å². The molecule has 6 heteroatoms. The molecule has 74 valence electrons. The lowest BCUT2D eigenvalue weighted by molar-refractivity contribution is 1.04. The third-order valence-corrected chi connectivity index (χ3v) is 2.29. The summed E-state index contributed by atoms with van der Waals surface area (Å²) >= 11 is 0. The minimum atomic E-state index is -0.363. The molecule has 0 aliphatic carbocycles. The molecule has 15 heavy (non-hydrogen) atoms. The molecule has 3 aromatic rings. The Bertz CT molecular complexity index is 765. The molecule has 2 heterocycles. The Labute approximate surface area is 82.2 Å². The number of nitrogens with one attached hydrogen (secondary N) is 2. The van der Waals surface area contributed by atoms with E-state index in [1.165, 1.54) is 4.40 Å². The van der Waals surface area contributed by atoms with Gasteiger partial charge >= 0.3 is 5.69 Å². The van der Waals surface area contributed by atoms with Crippen molar-refractivity contribution >= 4 is 16.7 Å². The molecule has 0 bridgehead atoms. The quantitative estimate of drug-likeness (QED) is 0.532. The highest BCUT2D eigenvalue weighted by molar-refractivity contribution is 5.79. The molecule has 0 radical (unpaired) electrons. The number of benzene rings is 1. The van der Waals surface area contributed by atoms with Gasteiger partial charge in [-0.05, 0) is 12.1 Å². The molecule has 0 saturated heterocycles. The zero-order valence-corrected chi connectivity index (χ0v) is 7.52. The number of hydrogen-bond donors (Lipinski definition) is 2. The molecule has 0 spiro atoms. The number of aromatic nitrogens is 4. The smallest absolute Gasteiger partial charge is 0.290 e. The van der Waals surface area contributed by atoms with E-state index in [4.69, 9.17) is 0 Å². The van der Waals surface area contributed by atoms with Gasteiger partial charge in [0.05, 0.1) is 10.9 Å². The number of H-pyrrole nitrogens is 2. The van der Waals surface area contributed by atoms with Gasteiger partial charge in [-0.15, -0.1) is 5.10 Å². The molecule has 2 aromatic heterocycles. The van der Waals surface area contributed by atoms with Crippen molar-refractivity contribution in [2.45, 2.75) is 0 Å². The average molecular weight is 202 g/mol. The highest BCUT2D eigenvalue weighted by Gasteiger charge is 2.07. The first-order valence-corrected chi connectivity index (χ1v) is 4.35. The summed E-state index contributed by atoms with van der Waals surface area (Å²) in [5.41, 5.74) is -0.0652. The second kappa shape index (κ2) is 2.57. The number of rotatable bonds is 0. The number of nitrogens with zero attached hydrogens (tertiary/aromatic N) is 2. The molecular weight excluding hydrogens is 196 g/mol. The molecule has 6 nitrogen and oxygen atoms in total. The standard InChI is InChI=1S/C9H6N4O2/c14-7-5-3-1-2-4-6(5)13-8(10-7)11-12-9(13)15/h1-4H,(H,12,15)(H,10,11,14). The zero-order valence-electron chi connectivity index (χ0n) is 7.52. The zero-order chi connectivity index (χ0) is 10.4. The first-order chi connectivity index (χ1) is 7.27. The predicted molar refractivity (Wildman–Crippen MR) is 53.9 cm³/mol. The van der Waals surface area contributed by atoms with Crippen LogP contribution < -0.4 is 11.2 Å². The SMILES string of the molecule is O=c1[nH]c2n[nH]c(=O)n2c2ccccc12. The minimum absolute atomic E-state index is 0.226. The van der Waals surface area contributed by atoms with Crippen molar-refractivity contribution in [1.82, 2.24) is 19.6 Å². The van der Waals surface area contributed by atoms with Crippen LogP contribution in [0, 0.1) is 0 Å². The summed E-state index contributed by atoms with van der Waals surface area (Å²) in [5, 5.41) is 6.45. The Kier molecular flexibility index (Phi) is 1.37. The third-order valence-electron chi connectivity index (χ3n) is 2.29. The fourth-order valence-corrected chi connectivity index (χ4v) is 1.63. The molecule has 0 atom stereocenters. The van der Waals surface area contributed by atoms with E-state index >= 15 is 0 Å². The van der Waals surface area contributed by atoms with Crippen LogP contribution >= 0.6 is 0 Å². The maximum absolute atomic E-state index is 11.6. The van der Waals surface area contributed by atoms with Crippen LogP contribution in [0.2, 0.25) is 0 Å². The first-order valence-electron chi connectivity index (χ1n) is 4.35. The molecule has 0 fully saturated rings. The Hall–Kier alpha value is -2.37. The van der Waals surface area contributed by atoms with Gasteiger partial charge in [0.15, 0.2) is 0 Å². The van der Waals surface area contributed by atoms with Gasteiger partial charge in [-0.2, -0.15) is 0 Å². The largest absolute Gasteiger partial charge is 0.349 e. The van der Waals surface area contributed by atoms with Crippen molar-refractivity contribution in [2.24, 2.45) is 0 Å². The Morgan fingerprint density at radius 2 is 2.00 bits per heavy atom. The van der Waals surface area contributed by atoms with Crippen LogP contribution in [0.3, 0.4) is 0 Å². The molecule has 0 saturated carbocycles. The number of fused-ring (bicyclic) bond motifs is 3. The van der Waals surface area contributed by atoms with Gasteiger partial charge in [-0.3, -0.25) is 9.78 Å². The normalized spacial score (nSPS) is 11.2. The van der Waals surface area contributed by atoms with Crippen LogP contribution in [-0.2, 0) is 0 Å². The van der Waals surface area contributed by atoms with E-state index in [-0.39, 0.29) is 17.0 Å². The van der Waals surface area contributed by atoms with Crippen LogP contribution in [-0.4, -0.2) is 19.6 Å². The van der Waals surface area contributed by atoms with E-state index in [2.05, 4.69) is 15.2 Å². The molecule has 2 N–H and O–H groups in total. The first kappa shape index (κ1) is 7.98. The van der Waals surface area contributed by atoms with E-state index in [1.54, 1.807) is 24.3 Å². The lowest BCUT2D eigenvalue weighted by atomic mass is 10.2. The maximum Gasteiger partial charge on any atom is 0.349 e. The molecule has 0 aliphatic rings. The molecule has 0 aliphatic heterocycles. The molecular formula is C9H6N4O2. The number of para-hydroxylation sites is 1. The molecule has 0 amide bonds. The van der Waals surface area contributed by atoms with Gasteiger partial charge in [0.25, 0.3) is 5.56 Å². The second-order valence-electron chi connectivity index (χ2n) is 3.16. The van der Waals surface area contributed by atoms with Gasteiger partial charge in [0.2, 0.25) is 5.78 Å². The summed E-state index contributed by atoms with van der Waals surface area (Å²) in [6.45, 7) is 0. The molecule has 3 rings (SSSR count). The van der Waals surface area contributed by atoms with Crippen LogP contribution in [0.15, 0.2) is 33.9 Å². The van der Waals surface area contributed by atoms with Crippen LogP contribution in [0.4, 0.5) is 0 Å². The van der Waals surface area contributed by atoms with E-state index in [1.807, 2.05) is 0 Å². The van der Waals surface area contributed by atoms with Crippen LogP contribution in [0.25, 0.3) is 16.7 Å². The second-order valence-corrected chi connectivity index (χ2v) is 3.16. The van der Waals surface area contributed by atoms with Gasteiger partial charge in [0, 0.05) is 0 Å². The summed E-state index contributed by atoms with van der Waals surface area (Å²) < 4.78 is 1.33. The highest BCUT2D eigenvalue weighted by Crippen LogP contribution is 2.07. The number of aromatic amines is 2. The summed E-state index contributed by atoms with van der Waals surface area (Å²) in [5.74, 6) is 0.226. The van der Waals surface area contributed by atoms with Gasteiger partial charge in [0.1, 0.15) is 0 Å². The number of hydrogen-bond acceptors (Lipinski definition) is 3. The summed E-state index contributed by atoms with van der Waals surface area (Å²) in [6.07, 6.45) is 0. The van der Waals surface area contributed by atoms with E-state index < -0.39 is 0 Å².